The molecule has 6 heteroatoms. The fourth-order valence-electron chi connectivity index (χ4n) is 2.64. The number of furan rings is 1. The van der Waals surface area contributed by atoms with Gasteiger partial charge in [-0.2, -0.15) is 0 Å². The van der Waals surface area contributed by atoms with Crippen molar-refractivity contribution in [2.75, 3.05) is 0 Å². The van der Waals surface area contributed by atoms with Crippen LogP contribution in [0.5, 0.6) is 0 Å². The van der Waals surface area contributed by atoms with Crippen LogP contribution >= 0.6 is 0 Å². The lowest BCUT2D eigenvalue weighted by atomic mass is 9.98. The zero-order valence-electron chi connectivity index (χ0n) is 11.0. The Morgan fingerprint density at radius 2 is 2.00 bits per heavy atom. The second-order valence-corrected chi connectivity index (χ2v) is 4.90. The molecule has 2 heterocycles. The molecule has 1 aliphatic heterocycles. The zero-order chi connectivity index (χ0) is 15.0. The molecular formula is C15H13NO5. The topological polar surface area (TPSA) is 91.0 Å². The monoisotopic (exact) mass is 287 g/mol. The van der Waals surface area contributed by atoms with Crippen molar-refractivity contribution in [3.05, 3.63) is 59.5 Å². The molecule has 0 unspecified atom stereocenters. The van der Waals surface area contributed by atoms with Crippen LogP contribution in [0.2, 0.25) is 0 Å². The third-order valence-corrected chi connectivity index (χ3v) is 3.57. The van der Waals surface area contributed by atoms with E-state index in [0.29, 0.717) is 16.9 Å². The van der Waals surface area contributed by atoms with Gasteiger partial charge in [0.15, 0.2) is 5.72 Å². The molecule has 0 spiro atoms. The van der Waals surface area contributed by atoms with Crippen LogP contribution < -0.4 is 0 Å². The van der Waals surface area contributed by atoms with E-state index in [1.54, 1.807) is 36.4 Å². The summed E-state index contributed by atoms with van der Waals surface area (Å²) in [6.45, 7) is 0.00426. The number of benzene rings is 1. The minimum atomic E-state index is -1.87. The first kappa shape index (κ1) is 13.4. The van der Waals surface area contributed by atoms with Crippen molar-refractivity contribution in [1.29, 1.82) is 0 Å². The van der Waals surface area contributed by atoms with Gasteiger partial charge in [0.25, 0.3) is 5.91 Å². The molecule has 0 saturated heterocycles. The smallest absolute Gasteiger partial charge is 0.308 e. The van der Waals surface area contributed by atoms with Crippen molar-refractivity contribution in [2.45, 2.75) is 18.7 Å². The maximum absolute atomic E-state index is 12.5. The van der Waals surface area contributed by atoms with E-state index in [2.05, 4.69) is 0 Å². The number of aliphatic carboxylic acids is 1. The third-order valence-electron chi connectivity index (χ3n) is 3.57. The van der Waals surface area contributed by atoms with Crippen molar-refractivity contribution in [2.24, 2.45) is 0 Å². The van der Waals surface area contributed by atoms with Crippen LogP contribution in [0.15, 0.2) is 47.1 Å². The molecule has 0 bridgehead atoms. The van der Waals surface area contributed by atoms with E-state index in [4.69, 9.17) is 9.52 Å². The molecule has 21 heavy (non-hydrogen) atoms. The standard InChI is InChI=1S/C15H13NO5/c17-13(18)8-15(20)12-6-2-1-5-11(12)14(19)16(15)9-10-4-3-7-21-10/h1-7,20H,8-9H2,(H,17,18)/t15-/m1/s1. The van der Waals surface area contributed by atoms with Crippen molar-refractivity contribution in [1.82, 2.24) is 4.90 Å². The molecule has 2 aromatic rings. The average Bonchev–Trinajstić information content (AvgIpc) is 3.02. The van der Waals surface area contributed by atoms with E-state index in [0.717, 1.165) is 4.90 Å². The Morgan fingerprint density at radius 1 is 1.24 bits per heavy atom. The molecule has 1 amide bonds. The second-order valence-electron chi connectivity index (χ2n) is 4.90. The first-order valence-electron chi connectivity index (χ1n) is 6.40. The van der Waals surface area contributed by atoms with Gasteiger partial charge in [-0.15, -0.1) is 0 Å². The Bertz CT molecular complexity index is 694. The molecule has 0 saturated carbocycles. The van der Waals surface area contributed by atoms with E-state index >= 15 is 0 Å². The lowest BCUT2D eigenvalue weighted by molar-refractivity contribution is -0.153. The first-order valence-corrected chi connectivity index (χ1v) is 6.40. The predicted octanol–water partition coefficient (Wildman–Crippen LogP) is 1.56. The van der Waals surface area contributed by atoms with E-state index in [1.165, 1.54) is 6.26 Å². The van der Waals surface area contributed by atoms with Crippen LogP contribution in [-0.4, -0.2) is 27.0 Å². The van der Waals surface area contributed by atoms with Gasteiger partial charge in [0.1, 0.15) is 5.76 Å². The van der Waals surface area contributed by atoms with Gasteiger partial charge < -0.3 is 14.6 Å². The summed E-state index contributed by atoms with van der Waals surface area (Å²) < 4.78 is 5.19. The number of rotatable bonds is 4. The summed E-state index contributed by atoms with van der Waals surface area (Å²) in [5.74, 6) is -1.13. The van der Waals surface area contributed by atoms with Crippen LogP contribution in [0.4, 0.5) is 0 Å². The number of nitrogens with zero attached hydrogens (tertiary/aromatic N) is 1. The lowest BCUT2D eigenvalue weighted by Crippen LogP contribution is -2.44. The van der Waals surface area contributed by atoms with Crippen molar-refractivity contribution < 1.29 is 24.2 Å². The quantitative estimate of drug-likeness (QED) is 0.890. The van der Waals surface area contributed by atoms with Gasteiger partial charge in [-0.05, 0) is 18.2 Å². The number of carboxylic acids is 1. The molecule has 0 aliphatic carbocycles. The molecule has 0 fully saturated rings. The number of hydrogen-bond acceptors (Lipinski definition) is 4. The van der Waals surface area contributed by atoms with Crippen LogP contribution in [0, 0.1) is 0 Å². The van der Waals surface area contributed by atoms with E-state index in [-0.39, 0.29) is 6.54 Å². The van der Waals surface area contributed by atoms with Gasteiger partial charge in [0.2, 0.25) is 0 Å². The summed E-state index contributed by atoms with van der Waals surface area (Å²) >= 11 is 0. The molecule has 3 rings (SSSR count). The van der Waals surface area contributed by atoms with Crippen LogP contribution in [-0.2, 0) is 17.1 Å². The lowest BCUT2D eigenvalue weighted by Gasteiger charge is -2.32. The van der Waals surface area contributed by atoms with Crippen molar-refractivity contribution >= 4 is 11.9 Å². The summed E-state index contributed by atoms with van der Waals surface area (Å²) in [4.78, 5) is 24.7. The van der Waals surface area contributed by atoms with E-state index < -0.39 is 24.0 Å². The summed E-state index contributed by atoms with van der Waals surface area (Å²) in [6.07, 6.45) is 0.871. The third kappa shape index (κ3) is 2.09. The van der Waals surface area contributed by atoms with Gasteiger partial charge in [-0.25, -0.2) is 0 Å². The maximum atomic E-state index is 12.5. The highest BCUT2D eigenvalue weighted by Crippen LogP contribution is 2.40. The summed E-state index contributed by atoms with van der Waals surface area (Å²) in [7, 11) is 0. The average molecular weight is 287 g/mol. The van der Waals surface area contributed by atoms with Crippen molar-refractivity contribution in [3.8, 4) is 0 Å². The molecular weight excluding hydrogens is 274 g/mol. The Kier molecular flexibility index (Phi) is 3.03. The van der Waals surface area contributed by atoms with Crippen molar-refractivity contribution in [3.63, 3.8) is 0 Å². The predicted molar refractivity (Wildman–Crippen MR) is 71.2 cm³/mol. The maximum Gasteiger partial charge on any atom is 0.308 e. The van der Waals surface area contributed by atoms with Gasteiger partial charge in [-0.3, -0.25) is 14.5 Å². The highest BCUT2D eigenvalue weighted by molar-refractivity contribution is 6.00. The zero-order valence-corrected chi connectivity index (χ0v) is 11.0. The fourth-order valence-corrected chi connectivity index (χ4v) is 2.64. The fraction of sp³-hybridized carbons (Fsp3) is 0.200. The number of amides is 1. The Hall–Kier alpha value is -2.60. The molecule has 1 aromatic carbocycles. The number of hydrogen-bond donors (Lipinski definition) is 2. The summed E-state index contributed by atoms with van der Waals surface area (Å²) in [5, 5.41) is 19.9. The molecule has 1 aliphatic rings. The van der Waals surface area contributed by atoms with Gasteiger partial charge >= 0.3 is 5.97 Å². The van der Waals surface area contributed by atoms with Gasteiger partial charge in [-0.1, -0.05) is 18.2 Å². The van der Waals surface area contributed by atoms with Crippen LogP contribution in [0.1, 0.15) is 28.1 Å². The number of carboxylic acid groups (broad SMARTS) is 1. The molecule has 1 aromatic heterocycles. The van der Waals surface area contributed by atoms with Gasteiger partial charge in [0.05, 0.1) is 19.2 Å². The van der Waals surface area contributed by atoms with Crippen LogP contribution in [0.25, 0.3) is 0 Å². The SMILES string of the molecule is O=C(O)C[C@@]1(O)c2ccccc2C(=O)N1Cc1ccco1. The first-order chi connectivity index (χ1) is 10.0. The van der Waals surface area contributed by atoms with Gasteiger partial charge in [0, 0.05) is 11.1 Å². The number of carbonyl (C=O) groups excluding carboxylic acids is 1. The van der Waals surface area contributed by atoms with E-state index in [1.807, 2.05) is 0 Å². The molecule has 6 nitrogen and oxygen atoms in total. The van der Waals surface area contributed by atoms with E-state index in [9.17, 15) is 14.7 Å². The minimum Gasteiger partial charge on any atom is -0.481 e. The molecule has 0 radical (unpaired) electrons. The summed E-state index contributed by atoms with van der Waals surface area (Å²) in [6, 6.07) is 9.81. The highest BCUT2D eigenvalue weighted by atomic mass is 16.4. The van der Waals surface area contributed by atoms with Crippen LogP contribution in [0.3, 0.4) is 0 Å². The Labute approximate surface area is 120 Å². The number of carbonyl (C=O) groups is 2. The second kappa shape index (κ2) is 4.75. The minimum absolute atomic E-state index is 0.00426. The largest absolute Gasteiger partial charge is 0.481 e. The molecule has 2 N–H and O–H groups in total. The normalized spacial score (nSPS) is 20.6. The Morgan fingerprint density at radius 3 is 2.67 bits per heavy atom. The molecule has 1 atom stereocenters. The molecule has 108 valence electrons. The number of fused-ring (bicyclic) bond motifs is 1. The number of aliphatic hydroxyl groups is 1. The Balaban J connectivity index is 2.05. The highest BCUT2D eigenvalue weighted by Gasteiger charge is 2.49. The summed E-state index contributed by atoms with van der Waals surface area (Å²) in [5.41, 5.74) is -1.25.